The molecule has 0 aliphatic rings. The predicted molar refractivity (Wildman–Crippen MR) is 99.4 cm³/mol. The molecule has 0 aliphatic heterocycles. The molecule has 27 heavy (non-hydrogen) atoms. The van der Waals surface area contributed by atoms with Crippen molar-refractivity contribution in [1.29, 1.82) is 0 Å². The van der Waals surface area contributed by atoms with Gasteiger partial charge in [0.15, 0.2) is 18.1 Å². The minimum absolute atomic E-state index is 0.0493. The average molecular weight is 396 g/mol. The van der Waals surface area contributed by atoms with E-state index in [1.807, 2.05) is 13.0 Å². The van der Waals surface area contributed by atoms with Gasteiger partial charge in [-0.1, -0.05) is 12.1 Å². The van der Waals surface area contributed by atoms with Crippen molar-refractivity contribution in [2.75, 3.05) is 26.3 Å². The van der Waals surface area contributed by atoms with Crippen LogP contribution in [0, 0.1) is 13.8 Å². The van der Waals surface area contributed by atoms with Gasteiger partial charge in [0.05, 0.1) is 18.0 Å². The Morgan fingerprint density at radius 3 is 2.41 bits per heavy atom. The first-order valence-electron chi connectivity index (χ1n) is 8.47. The van der Waals surface area contributed by atoms with E-state index < -0.39 is 10.0 Å². The third-order valence-electron chi connectivity index (χ3n) is 3.58. The van der Waals surface area contributed by atoms with Gasteiger partial charge >= 0.3 is 0 Å². The maximum atomic E-state index is 12.3. The van der Waals surface area contributed by atoms with E-state index in [-0.39, 0.29) is 30.5 Å². The molecule has 1 amide bonds. The highest BCUT2D eigenvalue weighted by Crippen LogP contribution is 2.26. The number of aryl methyl sites for hydroxylation is 2. The first-order chi connectivity index (χ1) is 12.8. The lowest BCUT2D eigenvalue weighted by atomic mass is 10.3. The molecule has 0 spiro atoms. The van der Waals surface area contributed by atoms with Crippen molar-refractivity contribution < 1.29 is 22.7 Å². The van der Waals surface area contributed by atoms with Crippen LogP contribution in [0.15, 0.2) is 29.2 Å². The zero-order valence-electron chi connectivity index (χ0n) is 15.5. The molecule has 10 heteroatoms. The number of aromatic amines is 1. The Morgan fingerprint density at radius 1 is 1.15 bits per heavy atom. The van der Waals surface area contributed by atoms with Crippen molar-refractivity contribution >= 4 is 15.9 Å². The van der Waals surface area contributed by atoms with Crippen molar-refractivity contribution in [1.82, 2.24) is 20.2 Å². The van der Waals surface area contributed by atoms with Gasteiger partial charge in [0.25, 0.3) is 5.91 Å². The smallest absolute Gasteiger partial charge is 0.257 e. The molecule has 0 bridgehead atoms. The number of nitrogens with zero attached hydrogens (tertiary/aromatic N) is 1. The SMILES string of the molecule is CCOc1ccccc1OCC(=O)NCCNS(=O)(=O)c1c(C)n[nH]c1C. The van der Waals surface area contributed by atoms with Crippen LogP contribution in [0.1, 0.15) is 18.3 Å². The molecule has 0 saturated carbocycles. The number of carbonyl (C=O) groups excluding carboxylic acids is 1. The monoisotopic (exact) mass is 396 g/mol. The Morgan fingerprint density at radius 2 is 1.81 bits per heavy atom. The Kier molecular flexibility index (Phi) is 7.19. The number of carbonyl (C=O) groups is 1. The van der Waals surface area contributed by atoms with Crippen LogP contribution in [0.5, 0.6) is 11.5 Å². The molecule has 0 aliphatic carbocycles. The van der Waals surface area contributed by atoms with Crippen LogP contribution in [-0.2, 0) is 14.8 Å². The van der Waals surface area contributed by atoms with Gasteiger partial charge in [-0.15, -0.1) is 0 Å². The van der Waals surface area contributed by atoms with E-state index in [2.05, 4.69) is 20.2 Å². The molecule has 2 aromatic rings. The molecule has 0 unspecified atom stereocenters. The summed E-state index contributed by atoms with van der Waals surface area (Å²) in [6.45, 7) is 5.57. The molecule has 148 valence electrons. The fourth-order valence-electron chi connectivity index (χ4n) is 2.43. The number of hydrogen-bond donors (Lipinski definition) is 3. The minimum Gasteiger partial charge on any atom is -0.490 e. The molecule has 0 saturated heterocycles. The van der Waals surface area contributed by atoms with Crippen LogP contribution in [0.2, 0.25) is 0 Å². The first-order valence-corrected chi connectivity index (χ1v) is 9.96. The zero-order chi connectivity index (χ0) is 19.9. The summed E-state index contributed by atoms with van der Waals surface area (Å²) in [6.07, 6.45) is 0. The van der Waals surface area contributed by atoms with Crippen LogP contribution >= 0.6 is 0 Å². The second-order valence-electron chi connectivity index (χ2n) is 5.68. The van der Waals surface area contributed by atoms with E-state index >= 15 is 0 Å². The van der Waals surface area contributed by atoms with Crippen LogP contribution in [-0.4, -0.2) is 50.8 Å². The molecule has 0 atom stereocenters. The normalized spacial score (nSPS) is 11.2. The second kappa shape index (κ2) is 9.38. The average Bonchev–Trinajstić information content (AvgIpc) is 2.97. The summed E-state index contributed by atoms with van der Waals surface area (Å²) >= 11 is 0. The molecule has 3 N–H and O–H groups in total. The first kappa shape index (κ1) is 20.7. The quantitative estimate of drug-likeness (QED) is 0.513. The highest BCUT2D eigenvalue weighted by molar-refractivity contribution is 7.89. The highest BCUT2D eigenvalue weighted by Gasteiger charge is 2.21. The van der Waals surface area contributed by atoms with Crippen LogP contribution < -0.4 is 19.5 Å². The lowest BCUT2D eigenvalue weighted by Crippen LogP contribution is -2.37. The summed E-state index contributed by atoms with van der Waals surface area (Å²) in [6, 6.07) is 7.06. The molecule has 1 aromatic heterocycles. The van der Waals surface area contributed by atoms with E-state index in [1.54, 1.807) is 32.0 Å². The lowest BCUT2D eigenvalue weighted by Gasteiger charge is -2.12. The van der Waals surface area contributed by atoms with E-state index in [0.717, 1.165) is 0 Å². The van der Waals surface area contributed by atoms with Crippen LogP contribution in [0.4, 0.5) is 0 Å². The van der Waals surface area contributed by atoms with Gasteiger partial charge in [0.2, 0.25) is 10.0 Å². The van der Waals surface area contributed by atoms with Gasteiger partial charge < -0.3 is 14.8 Å². The van der Waals surface area contributed by atoms with Gasteiger partial charge in [-0.25, -0.2) is 13.1 Å². The fraction of sp³-hybridized carbons (Fsp3) is 0.412. The maximum absolute atomic E-state index is 12.3. The molecule has 0 radical (unpaired) electrons. The van der Waals surface area contributed by atoms with Crippen molar-refractivity contribution in [2.45, 2.75) is 25.7 Å². The number of ether oxygens (including phenoxy) is 2. The number of nitrogens with one attached hydrogen (secondary N) is 3. The standard InChI is InChI=1S/C17H24N4O5S/c1-4-25-14-7-5-6-8-15(14)26-11-16(22)18-9-10-19-27(23,24)17-12(2)20-21-13(17)3/h5-8,19H,4,9-11H2,1-3H3,(H,18,22)(H,20,21). The summed E-state index contributed by atoms with van der Waals surface area (Å²) in [4.78, 5) is 12.0. The summed E-state index contributed by atoms with van der Waals surface area (Å²) in [5, 5.41) is 9.10. The fourth-order valence-corrected chi connectivity index (χ4v) is 3.83. The topological polar surface area (TPSA) is 122 Å². The second-order valence-corrected chi connectivity index (χ2v) is 7.38. The number of H-pyrrole nitrogens is 1. The van der Waals surface area contributed by atoms with E-state index in [4.69, 9.17) is 9.47 Å². The minimum atomic E-state index is -3.69. The van der Waals surface area contributed by atoms with Gasteiger partial charge in [0, 0.05) is 13.1 Å². The van der Waals surface area contributed by atoms with Crippen LogP contribution in [0.3, 0.4) is 0 Å². The molecular weight excluding hydrogens is 372 g/mol. The van der Waals surface area contributed by atoms with E-state index in [1.165, 1.54) is 0 Å². The van der Waals surface area contributed by atoms with E-state index in [9.17, 15) is 13.2 Å². The molecule has 1 aromatic carbocycles. The van der Waals surface area contributed by atoms with E-state index in [0.29, 0.717) is 29.5 Å². The molecular formula is C17H24N4O5S. The number of sulfonamides is 1. The largest absolute Gasteiger partial charge is 0.490 e. The van der Waals surface area contributed by atoms with Crippen molar-refractivity contribution in [3.8, 4) is 11.5 Å². The predicted octanol–water partition coefficient (Wildman–Crippen LogP) is 0.899. The number of rotatable bonds is 10. The summed E-state index contributed by atoms with van der Waals surface area (Å²) in [5.41, 5.74) is 0.857. The van der Waals surface area contributed by atoms with Gasteiger partial charge in [0.1, 0.15) is 4.90 Å². The Labute approximate surface area is 158 Å². The molecule has 1 heterocycles. The summed E-state index contributed by atoms with van der Waals surface area (Å²) in [7, 11) is -3.69. The highest BCUT2D eigenvalue weighted by atomic mass is 32.2. The third kappa shape index (κ3) is 5.69. The summed E-state index contributed by atoms with van der Waals surface area (Å²) in [5.74, 6) is 0.670. The van der Waals surface area contributed by atoms with Gasteiger partial charge in [-0.05, 0) is 32.9 Å². The number of amides is 1. The Balaban J connectivity index is 1.77. The Bertz CT molecular complexity index is 860. The summed E-state index contributed by atoms with van der Waals surface area (Å²) < 4.78 is 37.8. The number of hydrogen-bond acceptors (Lipinski definition) is 6. The van der Waals surface area contributed by atoms with Gasteiger partial charge in [-0.2, -0.15) is 5.10 Å². The van der Waals surface area contributed by atoms with Crippen molar-refractivity contribution in [3.63, 3.8) is 0 Å². The number of para-hydroxylation sites is 2. The number of aromatic nitrogens is 2. The maximum Gasteiger partial charge on any atom is 0.257 e. The van der Waals surface area contributed by atoms with Crippen LogP contribution in [0.25, 0.3) is 0 Å². The molecule has 9 nitrogen and oxygen atoms in total. The van der Waals surface area contributed by atoms with Gasteiger partial charge in [-0.3, -0.25) is 9.89 Å². The lowest BCUT2D eigenvalue weighted by molar-refractivity contribution is -0.123. The third-order valence-corrected chi connectivity index (χ3v) is 5.30. The van der Waals surface area contributed by atoms with Crippen molar-refractivity contribution in [3.05, 3.63) is 35.7 Å². The molecule has 2 rings (SSSR count). The number of benzene rings is 1. The zero-order valence-corrected chi connectivity index (χ0v) is 16.4. The Hall–Kier alpha value is -2.59. The molecule has 0 fully saturated rings. The van der Waals surface area contributed by atoms with Crippen molar-refractivity contribution in [2.24, 2.45) is 0 Å².